The maximum absolute atomic E-state index is 12.7. The van der Waals surface area contributed by atoms with Crippen LogP contribution in [0, 0.1) is 0 Å². The zero-order valence-electron chi connectivity index (χ0n) is 11.1. The third-order valence-corrected chi connectivity index (χ3v) is 6.33. The highest BCUT2D eigenvalue weighted by atomic mass is 32.2. The van der Waals surface area contributed by atoms with Gasteiger partial charge in [0, 0.05) is 22.0 Å². The summed E-state index contributed by atoms with van der Waals surface area (Å²) in [6.45, 7) is 3.11. The number of aliphatic carboxylic acids is 1. The van der Waals surface area contributed by atoms with Crippen molar-refractivity contribution in [1.29, 1.82) is 0 Å². The first kappa shape index (κ1) is 15.0. The van der Waals surface area contributed by atoms with Crippen molar-refractivity contribution < 1.29 is 18.3 Å². The van der Waals surface area contributed by atoms with E-state index in [0.29, 0.717) is 5.39 Å². The Labute approximate surface area is 121 Å². The second-order valence-electron chi connectivity index (χ2n) is 4.32. The third-order valence-electron chi connectivity index (χ3n) is 3.13. The van der Waals surface area contributed by atoms with Crippen molar-refractivity contribution >= 4 is 37.4 Å². The average molecular weight is 313 g/mol. The lowest BCUT2D eigenvalue weighted by atomic mass is 10.3. The van der Waals surface area contributed by atoms with E-state index in [-0.39, 0.29) is 11.4 Å². The highest BCUT2D eigenvalue weighted by Crippen LogP contribution is 2.31. The Kier molecular flexibility index (Phi) is 4.12. The van der Waals surface area contributed by atoms with Gasteiger partial charge in [0.25, 0.3) is 0 Å². The molecule has 0 saturated heterocycles. The summed E-state index contributed by atoms with van der Waals surface area (Å²) >= 11 is 1.34. The Bertz CT molecular complexity index is 736. The molecule has 0 spiro atoms. The van der Waals surface area contributed by atoms with Gasteiger partial charge < -0.3 is 5.11 Å². The van der Waals surface area contributed by atoms with E-state index < -0.39 is 22.0 Å². The van der Waals surface area contributed by atoms with Gasteiger partial charge in [-0.3, -0.25) is 4.79 Å². The molecule has 1 N–H and O–H groups in total. The molecule has 0 saturated carbocycles. The molecule has 5 nitrogen and oxygen atoms in total. The molecule has 7 heteroatoms. The molecule has 1 atom stereocenters. The molecule has 1 heterocycles. The molecule has 0 aliphatic heterocycles. The molecule has 108 valence electrons. The van der Waals surface area contributed by atoms with E-state index in [1.54, 1.807) is 24.4 Å². The minimum Gasteiger partial charge on any atom is -0.480 e. The monoisotopic (exact) mass is 313 g/mol. The van der Waals surface area contributed by atoms with Gasteiger partial charge in [-0.15, -0.1) is 11.3 Å². The van der Waals surface area contributed by atoms with Crippen LogP contribution in [-0.4, -0.2) is 36.4 Å². The van der Waals surface area contributed by atoms with Crippen molar-refractivity contribution in [1.82, 2.24) is 4.31 Å². The maximum atomic E-state index is 12.7. The fourth-order valence-electron chi connectivity index (χ4n) is 2.05. The van der Waals surface area contributed by atoms with E-state index in [4.69, 9.17) is 5.11 Å². The number of thiophene rings is 1. The predicted molar refractivity (Wildman–Crippen MR) is 78.5 cm³/mol. The molecule has 0 radical (unpaired) electrons. The fraction of sp³-hybridized carbons (Fsp3) is 0.308. The minimum atomic E-state index is -3.82. The van der Waals surface area contributed by atoms with Gasteiger partial charge in [0.15, 0.2) is 0 Å². The van der Waals surface area contributed by atoms with Crippen LogP contribution >= 0.6 is 11.3 Å². The SMILES string of the molecule is CCN(C(C)C(=O)O)S(=O)(=O)c1csc2ccccc12. The van der Waals surface area contributed by atoms with E-state index in [1.165, 1.54) is 18.3 Å². The Morgan fingerprint density at radius 3 is 2.65 bits per heavy atom. The van der Waals surface area contributed by atoms with Crippen molar-refractivity contribution in [3.8, 4) is 0 Å². The summed E-state index contributed by atoms with van der Waals surface area (Å²) in [5.41, 5.74) is 0. The fourth-order valence-corrected chi connectivity index (χ4v) is 5.13. The molecule has 20 heavy (non-hydrogen) atoms. The van der Waals surface area contributed by atoms with Gasteiger partial charge in [0.2, 0.25) is 10.0 Å². The number of hydrogen-bond acceptors (Lipinski definition) is 4. The molecule has 0 fully saturated rings. The van der Waals surface area contributed by atoms with Crippen molar-refractivity contribution in [3.05, 3.63) is 29.6 Å². The normalized spacial score (nSPS) is 13.8. The molecule has 0 amide bonds. The standard InChI is InChI=1S/C13H15NO4S2/c1-3-14(9(2)13(15)16)20(17,18)12-8-19-11-7-5-4-6-10(11)12/h4-9H,3H2,1-2H3,(H,15,16). The van der Waals surface area contributed by atoms with Crippen LogP contribution in [0.4, 0.5) is 0 Å². The summed E-state index contributed by atoms with van der Waals surface area (Å²) in [5, 5.41) is 11.3. The molecular formula is C13H15NO4S2. The molecule has 1 aromatic heterocycles. The number of nitrogens with zero attached hydrogens (tertiary/aromatic N) is 1. The quantitative estimate of drug-likeness (QED) is 0.919. The zero-order valence-corrected chi connectivity index (χ0v) is 12.7. The van der Waals surface area contributed by atoms with Crippen LogP contribution in [0.5, 0.6) is 0 Å². The molecule has 0 aliphatic carbocycles. The molecule has 0 aliphatic rings. The topological polar surface area (TPSA) is 74.7 Å². The molecule has 2 aromatic rings. The number of carbonyl (C=O) groups is 1. The minimum absolute atomic E-state index is 0.111. The number of benzene rings is 1. The number of hydrogen-bond donors (Lipinski definition) is 1. The molecule has 2 rings (SSSR count). The number of carboxylic acids is 1. The summed E-state index contributed by atoms with van der Waals surface area (Å²) in [7, 11) is -3.82. The van der Waals surface area contributed by atoms with E-state index in [0.717, 1.165) is 9.01 Å². The Morgan fingerprint density at radius 2 is 2.05 bits per heavy atom. The Hall–Kier alpha value is -1.44. The Morgan fingerprint density at radius 1 is 1.40 bits per heavy atom. The number of sulfonamides is 1. The second-order valence-corrected chi connectivity index (χ2v) is 7.09. The van der Waals surface area contributed by atoms with Crippen LogP contribution < -0.4 is 0 Å². The van der Waals surface area contributed by atoms with Gasteiger partial charge in [0.05, 0.1) is 0 Å². The van der Waals surface area contributed by atoms with Gasteiger partial charge in [0.1, 0.15) is 10.9 Å². The lowest BCUT2D eigenvalue weighted by Gasteiger charge is -2.23. The lowest BCUT2D eigenvalue weighted by Crippen LogP contribution is -2.42. The van der Waals surface area contributed by atoms with E-state index in [1.807, 2.05) is 12.1 Å². The van der Waals surface area contributed by atoms with Crippen LogP contribution in [0.15, 0.2) is 34.5 Å². The number of carboxylic acid groups (broad SMARTS) is 1. The molecular weight excluding hydrogens is 298 g/mol. The van der Waals surface area contributed by atoms with Crippen LogP contribution in [0.3, 0.4) is 0 Å². The number of rotatable bonds is 5. The van der Waals surface area contributed by atoms with E-state index in [2.05, 4.69) is 0 Å². The maximum Gasteiger partial charge on any atom is 0.321 e. The van der Waals surface area contributed by atoms with E-state index in [9.17, 15) is 13.2 Å². The van der Waals surface area contributed by atoms with Crippen LogP contribution in [0.25, 0.3) is 10.1 Å². The third kappa shape index (κ3) is 2.44. The van der Waals surface area contributed by atoms with Gasteiger partial charge >= 0.3 is 5.97 Å². The van der Waals surface area contributed by atoms with Crippen molar-refractivity contribution in [3.63, 3.8) is 0 Å². The van der Waals surface area contributed by atoms with Gasteiger partial charge in [-0.2, -0.15) is 4.31 Å². The van der Waals surface area contributed by atoms with Crippen LogP contribution in [0.2, 0.25) is 0 Å². The largest absolute Gasteiger partial charge is 0.480 e. The zero-order chi connectivity index (χ0) is 14.9. The number of fused-ring (bicyclic) bond motifs is 1. The van der Waals surface area contributed by atoms with Crippen molar-refractivity contribution in [2.75, 3.05) is 6.54 Å². The van der Waals surface area contributed by atoms with Gasteiger partial charge in [-0.25, -0.2) is 8.42 Å². The molecule has 0 bridgehead atoms. The summed E-state index contributed by atoms with van der Waals surface area (Å²) in [6, 6.07) is 6.09. The van der Waals surface area contributed by atoms with Crippen molar-refractivity contribution in [2.24, 2.45) is 0 Å². The smallest absolute Gasteiger partial charge is 0.321 e. The first-order valence-corrected chi connectivity index (χ1v) is 8.42. The van der Waals surface area contributed by atoms with Gasteiger partial charge in [-0.05, 0) is 13.0 Å². The summed E-state index contributed by atoms with van der Waals surface area (Å²) in [6.07, 6.45) is 0. The molecule has 1 unspecified atom stereocenters. The first-order chi connectivity index (χ1) is 9.39. The summed E-state index contributed by atoms with van der Waals surface area (Å²) < 4.78 is 27.2. The Balaban J connectivity index is 2.56. The second kappa shape index (κ2) is 5.51. The van der Waals surface area contributed by atoms with E-state index >= 15 is 0 Å². The van der Waals surface area contributed by atoms with Crippen molar-refractivity contribution in [2.45, 2.75) is 24.8 Å². The lowest BCUT2D eigenvalue weighted by molar-refractivity contribution is -0.140. The van der Waals surface area contributed by atoms with Crippen LogP contribution in [-0.2, 0) is 14.8 Å². The molecule has 1 aromatic carbocycles. The predicted octanol–water partition coefficient (Wildman–Crippen LogP) is 2.39. The summed E-state index contributed by atoms with van der Waals surface area (Å²) in [5.74, 6) is -1.16. The highest BCUT2D eigenvalue weighted by Gasteiger charge is 2.33. The highest BCUT2D eigenvalue weighted by molar-refractivity contribution is 7.89. The van der Waals surface area contributed by atoms with Crippen LogP contribution in [0.1, 0.15) is 13.8 Å². The first-order valence-electron chi connectivity index (χ1n) is 6.10. The average Bonchev–Trinajstić information content (AvgIpc) is 2.83. The summed E-state index contributed by atoms with van der Waals surface area (Å²) in [4.78, 5) is 11.3. The van der Waals surface area contributed by atoms with Gasteiger partial charge in [-0.1, -0.05) is 25.1 Å². The number of likely N-dealkylation sites (N-methyl/N-ethyl adjacent to an activating group) is 1.